The summed E-state index contributed by atoms with van der Waals surface area (Å²) in [5.41, 5.74) is 0. The molecule has 0 fully saturated rings. The van der Waals surface area contributed by atoms with E-state index in [1.807, 2.05) is 33.3 Å². The van der Waals surface area contributed by atoms with E-state index in [9.17, 15) is 19.5 Å². The van der Waals surface area contributed by atoms with Gasteiger partial charge in [-0.25, -0.2) is 0 Å². The number of rotatable bonds is 42. The number of hydrogen-bond acceptors (Lipinski definition) is 8. The van der Waals surface area contributed by atoms with Crippen molar-refractivity contribution in [2.75, 3.05) is 47.5 Å². The van der Waals surface area contributed by atoms with Gasteiger partial charge < -0.3 is 33.3 Å². The Balaban J connectivity index is 4.41. The third-order valence-corrected chi connectivity index (χ3v) is 9.76. The lowest BCUT2D eigenvalue weighted by molar-refractivity contribution is -0.870. The Morgan fingerprint density at radius 1 is 0.525 bits per heavy atom. The average Bonchev–Trinajstić information content (AvgIpc) is 3.19. The summed E-state index contributed by atoms with van der Waals surface area (Å²) in [6.45, 7) is 4.53. The Kier molecular flexibility index (Phi) is 39.6. The molecule has 0 saturated carbocycles. The third-order valence-electron chi connectivity index (χ3n) is 9.76. The van der Waals surface area contributed by atoms with Crippen molar-refractivity contribution >= 4 is 17.9 Å². The summed E-state index contributed by atoms with van der Waals surface area (Å²) in [4.78, 5) is 36.9. The second-order valence-electron chi connectivity index (χ2n) is 16.7. The molecule has 0 radical (unpaired) electrons. The van der Waals surface area contributed by atoms with Crippen molar-refractivity contribution in [3.63, 3.8) is 0 Å². The minimum absolute atomic E-state index is 0.124. The molecule has 2 unspecified atom stereocenters. The van der Waals surface area contributed by atoms with Crippen molar-refractivity contribution in [2.24, 2.45) is 0 Å². The molecule has 0 aromatic rings. The smallest absolute Gasteiger partial charge is 0.306 e. The molecule has 0 bridgehead atoms. The topological polar surface area (TPSA) is 111 Å². The highest BCUT2D eigenvalue weighted by molar-refractivity contribution is 5.70. The third kappa shape index (κ3) is 42.9. The molecule has 0 spiro atoms. The van der Waals surface area contributed by atoms with Gasteiger partial charge in [-0.1, -0.05) is 164 Å². The Labute approximate surface area is 361 Å². The van der Waals surface area contributed by atoms with Gasteiger partial charge in [0, 0.05) is 12.8 Å². The van der Waals surface area contributed by atoms with E-state index in [2.05, 4.69) is 62.5 Å². The number of unbranched alkanes of at least 4 members (excludes halogenated alkanes) is 17. The first-order valence-corrected chi connectivity index (χ1v) is 23.4. The maximum atomic E-state index is 12.7. The molecule has 9 heteroatoms. The molecule has 0 saturated heterocycles. The molecule has 0 aliphatic heterocycles. The summed E-state index contributed by atoms with van der Waals surface area (Å²) in [6.07, 6.45) is 47.1. The highest BCUT2D eigenvalue weighted by atomic mass is 16.7. The van der Waals surface area contributed by atoms with Gasteiger partial charge in [0.05, 0.1) is 40.3 Å². The Hall–Kier alpha value is -3.01. The highest BCUT2D eigenvalue weighted by Gasteiger charge is 2.21. The SMILES string of the molecule is CC/C=C\C/C=C\C/C=C\C/C=C\CCC(=O)OC(COC(=O)CCCCCCCCCCC/C=C\CCCCCCCCCC)COC(OCC[N+](C)(C)C)C(=O)[O-]. The van der Waals surface area contributed by atoms with E-state index >= 15 is 0 Å². The molecule has 9 nitrogen and oxygen atoms in total. The van der Waals surface area contributed by atoms with Crippen LogP contribution in [0.1, 0.15) is 181 Å². The Bertz CT molecular complexity index is 1150. The fraction of sp³-hybridized carbons (Fsp3) is 0.740. The standard InChI is InChI=1S/C50H87NO8/c1-6-8-10-12-14-16-18-20-21-22-23-24-25-26-27-29-30-32-34-36-38-40-47(52)57-44-46(45-58-50(49(54)55)56-43-42-51(3,4)5)59-48(53)41-39-37-35-33-31-28-19-17-15-13-11-9-7-2/h9,11,15,17,22-23,28,31,35,37,46,50H,6-8,10,12-14,16,18-21,24-27,29-30,32-34,36,38-45H2,1-5H3/b11-9-,17-15-,23-22-,31-28-,37-35-. The molecular formula is C50H87NO8. The van der Waals surface area contributed by atoms with Crippen LogP contribution in [0.2, 0.25) is 0 Å². The number of carbonyl (C=O) groups excluding carboxylic acids is 3. The summed E-state index contributed by atoms with van der Waals surface area (Å²) in [5, 5.41) is 11.7. The Morgan fingerprint density at radius 2 is 1.00 bits per heavy atom. The van der Waals surface area contributed by atoms with E-state index in [4.69, 9.17) is 18.9 Å². The number of ether oxygens (including phenoxy) is 4. The monoisotopic (exact) mass is 830 g/mol. The van der Waals surface area contributed by atoms with Crippen molar-refractivity contribution in [3.8, 4) is 0 Å². The van der Waals surface area contributed by atoms with E-state index in [0.29, 0.717) is 17.4 Å². The largest absolute Gasteiger partial charge is 0.545 e. The number of likely N-dealkylation sites (N-methyl/N-ethyl adjacent to an activating group) is 1. The average molecular weight is 830 g/mol. The number of aliphatic carboxylic acids is 1. The minimum Gasteiger partial charge on any atom is -0.545 e. The maximum absolute atomic E-state index is 12.7. The summed E-state index contributed by atoms with van der Waals surface area (Å²) in [5.74, 6) is -2.40. The lowest BCUT2D eigenvalue weighted by Crippen LogP contribution is -2.44. The predicted octanol–water partition coefficient (Wildman–Crippen LogP) is 11.2. The quantitative estimate of drug-likeness (QED) is 0.0197. The first kappa shape index (κ1) is 56.0. The zero-order chi connectivity index (χ0) is 43.5. The van der Waals surface area contributed by atoms with Gasteiger partial charge >= 0.3 is 11.9 Å². The van der Waals surface area contributed by atoms with Crippen molar-refractivity contribution in [3.05, 3.63) is 60.8 Å². The van der Waals surface area contributed by atoms with Gasteiger partial charge in [-0.15, -0.1) is 0 Å². The number of allylic oxidation sites excluding steroid dienone is 10. The first-order chi connectivity index (χ1) is 28.6. The van der Waals surface area contributed by atoms with Crippen LogP contribution in [0.3, 0.4) is 0 Å². The molecule has 0 heterocycles. The number of hydrogen-bond donors (Lipinski definition) is 0. The van der Waals surface area contributed by atoms with Gasteiger partial charge in [0.2, 0.25) is 0 Å². The van der Waals surface area contributed by atoms with E-state index in [1.165, 1.54) is 103 Å². The molecule has 0 aliphatic carbocycles. The zero-order valence-electron chi connectivity index (χ0n) is 38.4. The van der Waals surface area contributed by atoms with Crippen LogP contribution < -0.4 is 5.11 Å². The Morgan fingerprint density at radius 3 is 1.51 bits per heavy atom. The van der Waals surface area contributed by atoms with Gasteiger partial charge in [-0.05, 0) is 64.2 Å². The van der Waals surface area contributed by atoms with E-state index in [-0.39, 0.29) is 38.6 Å². The predicted molar refractivity (Wildman–Crippen MR) is 242 cm³/mol. The summed E-state index contributed by atoms with van der Waals surface area (Å²) in [6, 6.07) is 0. The van der Waals surface area contributed by atoms with Crippen molar-refractivity contribution < 1.29 is 42.9 Å². The molecule has 59 heavy (non-hydrogen) atoms. The van der Waals surface area contributed by atoms with Gasteiger partial charge in [0.25, 0.3) is 0 Å². The summed E-state index contributed by atoms with van der Waals surface area (Å²) < 4.78 is 22.4. The van der Waals surface area contributed by atoms with Gasteiger partial charge in [-0.2, -0.15) is 0 Å². The van der Waals surface area contributed by atoms with Crippen LogP contribution in [0.5, 0.6) is 0 Å². The van der Waals surface area contributed by atoms with Crippen molar-refractivity contribution in [1.29, 1.82) is 0 Å². The molecule has 0 aliphatic rings. The molecule has 2 atom stereocenters. The fourth-order valence-corrected chi connectivity index (χ4v) is 6.13. The minimum atomic E-state index is -1.64. The molecule has 0 N–H and O–H groups in total. The van der Waals surface area contributed by atoms with Gasteiger partial charge in [0.15, 0.2) is 12.4 Å². The van der Waals surface area contributed by atoms with E-state index < -0.39 is 24.3 Å². The normalized spacial score (nSPS) is 13.4. The molecule has 0 aromatic heterocycles. The summed E-state index contributed by atoms with van der Waals surface area (Å²) >= 11 is 0. The lowest BCUT2D eigenvalue weighted by atomic mass is 10.1. The number of quaternary nitrogens is 1. The van der Waals surface area contributed by atoms with Crippen molar-refractivity contribution in [2.45, 2.75) is 193 Å². The molecule has 0 amide bonds. The second-order valence-corrected chi connectivity index (χ2v) is 16.7. The fourth-order valence-electron chi connectivity index (χ4n) is 6.13. The molecule has 0 aromatic carbocycles. The van der Waals surface area contributed by atoms with Crippen LogP contribution in [0, 0.1) is 0 Å². The van der Waals surface area contributed by atoms with Crippen LogP contribution in [-0.4, -0.2) is 82.3 Å². The van der Waals surface area contributed by atoms with Crippen LogP contribution in [-0.2, 0) is 33.3 Å². The number of nitrogens with zero attached hydrogens (tertiary/aromatic N) is 1. The van der Waals surface area contributed by atoms with Gasteiger partial charge in [-0.3, -0.25) is 9.59 Å². The summed E-state index contributed by atoms with van der Waals surface area (Å²) in [7, 11) is 5.88. The van der Waals surface area contributed by atoms with E-state index in [0.717, 1.165) is 44.9 Å². The number of carboxylic acid groups (broad SMARTS) is 1. The van der Waals surface area contributed by atoms with Crippen LogP contribution in [0.15, 0.2) is 60.8 Å². The van der Waals surface area contributed by atoms with Crippen LogP contribution in [0.25, 0.3) is 0 Å². The van der Waals surface area contributed by atoms with Crippen molar-refractivity contribution in [1.82, 2.24) is 0 Å². The van der Waals surface area contributed by atoms with Crippen LogP contribution >= 0.6 is 0 Å². The number of esters is 2. The highest BCUT2D eigenvalue weighted by Crippen LogP contribution is 2.14. The molecule has 0 rings (SSSR count). The molecule has 340 valence electrons. The second kappa shape index (κ2) is 41.7. The molecular weight excluding hydrogens is 743 g/mol. The zero-order valence-corrected chi connectivity index (χ0v) is 38.4. The van der Waals surface area contributed by atoms with Gasteiger partial charge in [0.1, 0.15) is 13.2 Å². The number of carboxylic acids is 1. The number of carbonyl (C=O) groups is 3. The van der Waals surface area contributed by atoms with E-state index in [1.54, 1.807) is 0 Å². The van der Waals surface area contributed by atoms with Crippen LogP contribution in [0.4, 0.5) is 0 Å². The maximum Gasteiger partial charge on any atom is 0.306 e. The first-order valence-electron chi connectivity index (χ1n) is 23.4. The lowest BCUT2D eigenvalue weighted by Gasteiger charge is -2.26.